The van der Waals surface area contributed by atoms with Crippen LogP contribution in [0.5, 0.6) is 0 Å². The number of nitrogens with one attached hydrogen (secondary N) is 1. The van der Waals surface area contributed by atoms with Crippen LogP contribution in [0.3, 0.4) is 0 Å². The number of hydrogen-bond donors (Lipinski definition) is 3. The molecule has 0 bridgehead atoms. The van der Waals surface area contributed by atoms with Crippen LogP contribution in [0.15, 0.2) is 48.6 Å². The van der Waals surface area contributed by atoms with E-state index in [1.165, 1.54) is 340 Å². The summed E-state index contributed by atoms with van der Waals surface area (Å²) in [7, 11) is 1.57. The Bertz CT molecular complexity index is 1590. The molecule has 0 aliphatic heterocycles. The number of phosphoric acid groups is 1. The molecule has 3 unspecified atom stereocenters. The van der Waals surface area contributed by atoms with Gasteiger partial charge in [0.15, 0.2) is 0 Å². The average Bonchev–Trinajstić information content (AvgIpc) is 3.55. The second kappa shape index (κ2) is 70.8. The lowest BCUT2D eigenvalue weighted by Gasteiger charge is -2.25. The van der Waals surface area contributed by atoms with Crippen molar-refractivity contribution in [2.75, 3.05) is 40.9 Å². The Morgan fingerprint density at radius 2 is 0.652 bits per heavy atom. The monoisotopic (exact) mass is 1270 g/mol. The van der Waals surface area contributed by atoms with Gasteiger partial charge in [-0.05, 0) is 64.2 Å². The maximum absolute atomic E-state index is 13.1. The number of carbonyl (C=O) groups excluding carboxylic acids is 1. The van der Waals surface area contributed by atoms with E-state index in [1.54, 1.807) is 6.08 Å². The van der Waals surface area contributed by atoms with E-state index in [4.69, 9.17) is 9.05 Å². The van der Waals surface area contributed by atoms with Gasteiger partial charge in [0.2, 0.25) is 5.91 Å². The Kier molecular flexibility index (Phi) is 69.5. The van der Waals surface area contributed by atoms with Crippen molar-refractivity contribution < 1.29 is 32.9 Å². The van der Waals surface area contributed by atoms with E-state index in [2.05, 4.69) is 55.6 Å². The minimum Gasteiger partial charge on any atom is -0.387 e. The van der Waals surface area contributed by atoms with Gasteiger partial charge in [-0.25, -0.2) is 4.57 Å². The summed E-state index contributed by atoms with van der Waals surface area (Å²) in [5.41, 5.74) is 0. The molecule has 0 aromatic carbocycles. The third-order valence-electron chi connectivity index (χ3n) is 18.3. The van der Waals surface area contributed by atoms with Crippen LogP contribution in [-0.4, -0.2) is 73.4 Å². The van der Waals surface area contributed by atoms with E-state index in [1.807, 2.05) is 27.2 Å². The maximum atomic E-state index is 13.1. The number of phosphoric ester groups is 1. The van der Waals surface area contributed by atoms with Crippen LogP contribution in [0, 0.1) is 0 Å². The van der Waals surface area contributed by atoms with E-state index in [-0.39, 0.29) is 19.1 Å². The van der Waals surface area contributed by atoms with Gasteiger partial charge < -0.3 is 19.8 Å². The van der Waals surface area contributed by atoms with Crippen LogP contribution >= 0.6 is 7.82 Å². The lowest BCUT2D eigenvalue weighted by Crippen LogP contribution is -2.45. The Morgan fingerprint density at radius 1 is 0.382 bits per heavy atom. The van der Waals surface area contributed by atoms with Crippen molar-refractivity contribution in [1.82, 2.24) is 5.32 Å². The van der Waals surface area contributed by atoms with Crippen molar-refractivity contribution in [3.05, 3.63) is 48.6 Å². The van der Waals surface area contributed by atoms with Gasteiger partial charge in [-0.15, -0.1) is 0 Å². The van der Waals surface area contributed by atoms with Gasteiger partial charge >= 0.3 is 7.82 Å². The number of unbranched alkanes of at least 4 members (excludes halogenated alkanes) is 55. The van der Waals surface area contributed by atoms with Crippen LogP contribution in [0.4, 0.5) is 0 Å². The number of rotatable bonds is 74. The first-order valence-corrected chi connectivity index (χ1v) is 41.0. The van der Waals surface area contributed by atoms with Gasteiger partial charge in [-0.1, -0.05) is 383 Å². The molecule has 0 heterocycles. The number of amides is 1. The topological polar surface area (TPSA) is 105 Å². The third kappa shape index (κ3) is 73.7. The number of nitrogens with zero attached hydrogens (tertiary/aromatic N) is 1. The van der Waals surface area contributed by atoms with E-state index in [0.29, 0.717) is 17.4 Å². The van der Waals surface area contributed by atoms with Crippen LogP contribution in [-0.2, 0) is 18.4 Å². The Balaban J connectivity index is 3.96. The second-order valence-corrected chi connectivity index (χ2v) is 29.9. The third-order valence-corrected chi connectivity index (χ3v) is 19.3. The van der Waals surface area contributed by atoms with Gasteiger partial charge in [0.25, 0.3) is 0 Å². The van der Waals surface area contributed by atoms with Gasteiger partial charge in [-0.3, -0.25) is 13.8 Å². The van der Waals surface area contributed by atoms with Crippen LogP contribution in [0.25, 0.3) is 0 Å². The van der Waals surface area contributed by atoms with Crippen molar-refractivity contribution in [1.29, 1.82) is 0 Å². The highest BCUT2D eigenvalue weighted by atomic mass is 31.2. The van der Waals surface area contributed by atoms with Crippen LogP contribution < -0.4 is 5.32 Å². The lowest BCUT2D eigenvalue weighted by atomic mass is 10.0. The number of allylic oxidation sites excluding steroid dienone is 7. The molecule has 0 aromatic rings. The number of aliphatic hydroxyl groups excluding tert-OH is 1. The minimum atomic E-state index is -4.36. The molecule has 9 heteroatoms. The molecular formula is C80H156N2O6P+. The molecular weight excluding hydrogens is 1120 g/mol. The van der Waals surface area contributed by atoms with Crippen LogP contribution in [0.1, 0.15) is 406 Å². The van der Waals surface area contributed by atoms with Crippen molar-refractivity contribution in [2.45, 2.75) is 418 Å². The summed E-state index contributed by atoms with van der Waals surface area (Å²) >= 11 is 0. The fraction of sp³-hybridized carbons (Fsp3) is 0.887. The number of aliphatic hydroxyl groups is 1. The molecule has 0 fully saturated rings. The first-order valence-electron chi connectivity index (χ1n) is 39.5. The highest BCUT2D eigenvalue weighted by Crippen LogP contribution is 2.43. The Hall–Kier alpha value is -1.54. The normalized spacial score (nSPS) is 13.7. The molecule has 0 saturated heterocycles. The zero-order chi connectivity index (χ0) is 64.8. The Labute approximate surface area is 556 Å². The summed E-state index contributed by atoms with van der Waals surface area (Å²) < 4.78 is 23.9. The molecule has 0 saturated carbocycles. The van der Waals surface area contributed by atoms with Crippen molar-refractivity contribution >= 4 is 13.7 Å². The molecule has 0 aliphatic rings. The first-order chi connectivity index (χ1) is 43.5. The predicted octanol–water partition coefficient (Wildman–Crippen LogP) is 25.7. The summed E-state index contributed by atoms with van der Waals surface area (Å²) in [6.45, 7) is 4.85. The summed E-state index contributed by atoms with van der Waals surface area (Å²) in [4.78, 5) is 23.5. The molecule has 0 aromatic heterocycles. The fourth-order valence-electron chi connectivity index (χ4n) is 12.2. The van der Waals surface area contributed by atoms with Crippen LogP contribution in [0.2, 0.25) is 0 Å². The zero-order valence-corrected chi connectivity index (χ0v) is 61.3. The van der Waals surface area contributed by atoms with Crippen molar-refractivity contribution in [3.63, 3.8) is 0 Å². The summed E-state index contributed by atoms with van der Waals surface area (Å²) in [6.07, 6.45) is 97.4. The minimum absolute atomic E-state index is 0.0580. The van der Waals surface area contributed by atoms with Gasteiger partial charge in [0.1, 0.15) is 13.2 Å². The molecule has 0 aliphatic carbocycles. The van der Waals surface area contributed by atoms with Crippen molar-refractivity contribution in [2.24, 2.45) is 0 Å². The fourth-order valence-corrected chi connectivity index (χ4v) is 12.9. The van der Waals surface area contributed by atoms with Gasteiger partial charge in [0, 0.05) is 6.42 Å². The van der Waals surface area contributed by atoms with Gasteiger partial charge in [0.05, 0.1) is 39.9 Å². The quantitative estimate of drug-likeness (QED) is 0.0243. The van der Waals surface area contributed by atoms with E-state index >= 15 is 0 Å². The summed E-state index contributed by atoms with van der Waals surface area (Å²) in [6, 6.07) is -0.864. The second-order valence-electron chi connectivity index (χ2n) is 28.4. The maximum Gasteiger partial charge on any atom is 0.472 e. The smallest absolute Gasteiger partial charge is 0.387 e. The molecule has 3 N–H and O–H groups in total. The first kappa shape index (κ1) is 87.5. The van der Waals surface area contributed by atoms with E-state index in [9.17, 15) is 19.4 Å². The molecule has 89 heavy (non-hydrogen) atoms. The lowest BCUT2D eigenvalue weighted by molar-refractivity contribution is -0.870. The standard InChI is InChI=1S/C80H155N2O6P/c1-6-8-10-12-14-16-18-20-22-24-26-28-30-32-34-36-37-38-39-40-41-42-43-44-45-46-48-50-52-54-56-58-60-62-64-66-68-70-72-74-80(84)81-78(77-88-89(85,86)87-76-75-82(3,4)5)79(83)73-71-69-67-65-63-61-59-57-55-53-51-49-47-35-33-31-29-27-25-23-21-19-17-15-13-11-9-7-2/h18,20,24,26,63,65,71,73,78-79,83H,6-17,19,21-23,25,27-62,64,66-70,72,74-77H2,1-5H3,(H-,81,84,85,86)/p+1/b20-18-,26-24-,65-63+,73-71+. The van der Waals surface area contributed by atoms with Crippen molar-refractivity contribution in [3.8, 4) is 0 Å². The number of likely N-dealkylation sites (N-methyl/N-ethyl adjacent to an activating group) is 1. The number of carbonyl (C=O) groups is 1. The molecule has 8 nitrogen and oxygen atoms in total. The zero-order valence-electron chi connectivity index (χ0n) is 60.5. The largest absolute Gasteiger partial charge is 0.472 e. The van der Waals surface area contributed by atoms with E-state index in [0.717, 1.165) is 44.9 Å². The molecule has 0 spiro atoms. The molecule has 526 valence electrons. The average molecular weight is 1270 g/mol. The summed E-state index contributed by atoms with van der Waals surface area (Å²) in [5.74, 6) is -0.178. The molecule has 0 radical (unpaired) electrons. The molecule has 1 amide bonds. The summed E-state index contributed by atoms with van der Waals surface area (Å²) in [5, 5.41) is 14.0. The number of hydrogen-bond acceptors (Lipinski definition) is 5. The SMILES string of the molecule is CCCCCCC/C=C\C/C=C\CCCCCCCCCCCCCCCCCCCCCCCCCCCCCC(=O)NC(COP(=O)(O)OCC[N+](C)(C)C)C(O)/C=C/CC/C=C/CCCCCCCCCCCCCCCCCCCCCCCC. The molecule has 0 rings (SSSR count). The highest BCUT2D eigenvalue weighted by molar-refractivity contribution is 7.47. The molecule has 3 atom stereocenters. The van der Waals surface area contributed by atoms with E-state index < -0.39 is 20.0 Å². The highest BCUT2D eigenvalue weighted by Gasteiger charge is 2.28. The Morgan fingerprint density at radius 3 is 0.966 bits per heavy atom. The van der Waals surface area contributed by atoms with Gasteiger partial charge in [-0.2, -0.15) is 0 Å². The number of quaternary nitrogens is 1. The predicted molar refractivity (Wildman–Crippen MR) is 392 cm³/mol.